The Labute approximate surface area is 140 Å². The molecule has 2 aliphatic rings. The Kier molecular flexibility index (Phi) is 4.28. The molecule has 1 aliphatic carbocycles. The van der Waals surface area contributed by atoms with Gasteiger partial charge in [0.2, 0.25) is 0 Å². The minimum Gasteiger partial charge on any atom is -0.396 e. The van der Waals surface area contributed by atoms with Crippen molar-refractivity contribution in [1.29, 1.82) is 0 Å². The van der Waals surface area contributed by atoms with Crippen LogP contribution in [0.15, 0.2) is 35.9 Å². The molecule has 0 radical (unpaired) electrons. The van der Waals surface area contributed by atoms with Gasteiger partial charge >= 0.3 is 0 Å². The number of nitrogens with zero attached hydrogens (tertiary/aromatic N) is 1. The van der Waals surface area contributed by atoms with Crippen LogP contribution in [0.25, 0.3) is 0 Å². The molecule has 126 valence electrons. The molecule has 3 heteroatoms. The van der Waals surface area contributed by atoms with Crippen molar-refractivity contribution in [2.24, 2.45) is 23.2 Å². The highest BCUT2D eigenvalue weighted by atomic mass is 16.5. The summed E-state index contributed by atoms with van der Waals surface area (Å²) >= 11 is 0. The van der Waals surface area contributed by atoms with Crippen molar-refractivity contribution in [3.8, 4) is 0 Å². The summed E-state index contributed by atoms with van der Waals surface area (Å²) in [4.78, 5) is 2.11. The smallest absolute Gasteiger partial charge is 0.0893 e. The van der Waals surface area contributed by atoms with Gasteiger partial charge in [-0.2, -0.15) is 0 Å². The monoisotopic (exact) mass is 315 g/mol. The summed E-state index contributed by atoms with van der Waals surface area (Å²) < 4.78 is 6.32. The zero-order chi connectivity index (χ0) is 16.8. The van der Waals surface area contributed by atoms with Gasteiger partial charge in [-0.3, -0.25) is 0 Å². The number of aliphatic hydroxyl groups is 1. The van der Waals surface area contributed by atoms with Crippen LogP contribution in [0.2, 0.25) is 0 Å². The number of hydrogen-bond donors (Lipinski definition) is 1. The fourth-order valence-corrected chi connectivity index (χ4v) is 4.55. The maximum atomic E-state index is 10.1. The van der Waals surface area contributed by atoms with Gasteiger partial charge in [0.15, 0.2) is 0 Å². The van der Waals surface area contributed by atoms with Crippen LogP contribution < -0.4 is 4.90 Å². The van der Waals surface area contributed by atoms with Gasteiger partial charge in [0.1, 0.15) is 0 Å². The average molecular weight is 315 g/mol. The van der Waals surface area contributed by atoms with Crippen LogP contribution in [-0.2, 0) is 4.74 Å². The third kappa shape index (κ3) is 2.50. The summed E-state index contributed by atoms with van der Waals surface area (Å²) in [5, 5.41) is 10.1. The zero-order valence-electron chi connectivity index (χ0n) is 14.9. The van der Waals surface area contributed by atoms with Crippen LogP contribution in [0.1, 0.15) is 32.4 Å². The quantitative estimate of drug-likeness (QED) is 0.864. The van der Waals surface area contributed by atoms with E-state index in [4.69, 9.17) is 4.74 Å². The number of hydrogen-bond acceptors (Lipinski definition) is 3. The summed E-state index contributed by atoms with van der Waals surface area (Å²) in [7, 11) is 4.11. The molecule has 1 fully saturated rings. The van der Waals surface area contributed by atoms with E-state index in [-0.39, 0.29) is 18.1 Å². The second-order valence-corrected chi connectivity index (χ2v) is 7.62. The van der Waals surface area contributed by atoms with Gasteiger partial charge in [-0.1, -0.05) is 37.6 Å². The van der Waals surface area contributed by atoms with Gasteiger partial charge in [-0.15, -0.1) is 0 Å². The molecular formula is C20H29NO2. The fraction of sp³-hybridized carbons (Fsp3) is 0.600. The van der Waals surface area contributed by atoms with E-state index in [0.717, 1.165) is 0 Å². The van der Waals surface area contributed by atoms with Gasteiger partial charge in [0, 0.05) is 31.1 Å². The van der Waals surface area contributed by atoms with Crippen LogP contribution >= 0.6 is 0 Å². The highest BCUT2D eigenvalue weighted by Gasteiger charge is 2.53. The fourth-order valence-electron chi connectivity index (χ4n) is 4.55. The SMILES string of the molecule is CC1=C[C@H](C)[C@@]2(CO)CO[C@H](c3ccc(N(C)C)cc3)[C@H]1[C@@H]2C. The number of fused-ring (bicyclic) bond motifs is 2. The summed E-state index contributed by atoms with van der Waals surface area (Å²) in [6, 6.07) is 8.68. The highest BCUT2D eigenvalue weighted by Crippen LogP contribution is 2.55. The molecule has 23 heavy (non-hydrogen) atoms. The molecule has 3 nitrogen and oxygen atoms in total. The predicted molar refractivity (Wildman–Crippen MR) is 94.6 cm³/mol. The minimum atomic E-state index is -0.135. The first kappa shape index (κ1) is 16.5. The second-order valence-electron chi connectivity index (χ2n) is 7.62. The molecule has 0 aromatic heterocycles. The molecule has 1 saturated heterocycles. The van der Waals surface area contributed by atoms with E-state index in [1.807, 2.05) is 0 Å². The molecule has 5 atom stereocenters. The van der Waals surface area contributed by atoms with Crippen LogP contribution in [0, 0.1) is 23.2 Å². The average Bonchev–Trinajstić information content (AvgIpc) is 2.53. The second kappa shape index (κ2) is 5.95. The van der Waals surface area contributed by atoms with Crippen molar-refractivity contribution in [3.05, 3.63) is 41.5 Å². The number of benzene rings is 1. The predicted octanol–water partition coefficient (Wildman–Crippen LogP) is 3.65. The standard InChI is InChI=1S/C20H29NO2/c1-13-10-14(2)20(11-22)12-23-19(18(13)15(20)3)16-6-8-17(9-7-16)21(4)5/h6-10,14-15,18-19,22H,11-12H2,1-5H3/t14-,15-,18+,19+,20+/m0/s1. The first-order valence-electron chi connectivity index (χ1n) is 8.59. The highest BCUT2D eigenvalue weighted by molar-refractivity contribution is 5.46. The summed E-state index contributed by atoms with van der Waals surface area (Å²) in [6.07, 6.45) is 2.44. The van der Waals surface area contributed by atoms with E-state index in [0.29, 0.717) is 24.4 Å². The number of ether oxygens (including phenoxy) is 1. The lowest BCUT2D eigenvalue weighted by Crippen LogP contribution is -2.53. The molecule has 2 bridgehead atoms. The summed E-state index contributed by atoms with van der Waals surface area (Å²) in [5.74, 6) is 1.12. The molecule has 1 N–H and O–H groups in total. The molecule has 1 aliphatic heterocycles. The van der Waals surface area contributed by atoms with Crippen molar-refractivity contribution in [1.82, 2.24) is 0 Å². The number of anilines is 1. The third-order valence-corrected chi connectivity index (χ3v) is 6.28. The first-order valence-corrected chi connectivity index (χ1v) is 8.59. The topological polar surface area (TPSA) is 32.7 Å². The van der Waals surface area contributed by atoms with E-state index in [1.165, 1.54) is 16.8 Å². The van der Waals surface area contributed by atoms with Gasteiger partial charge in [-0.25, -0.2) is 0 Å². The lowest BCUT2D eigenvalue weighted by atomic mass is 9.56. The normalized spacial score (nSPS) is 36.5. The van der Waals surface area contributed by atoms with Crippen LogP contribution in [0.4, 0.5) is 5.69 Å². The lowest BCUT2D eigenvalue weighted by molar-refractivity contribution is -0.165. The maximum Gasteiger partial charge on any atom is 0.0893 e. The van der Waals surface area contributed by atoms with Crippen molar-refractivity contribution in [2.75, 3.05) is 32.2 Å². The molecule has 0 spiro atoms. The van der Waals surface area contributed by atoms with Gasteiger partial charge in [0.05, 0.1) is 19.3 Å². The van der Waals surface area contributed by atoms with E-state index in [9.17, 15) is 5.11 Å². The van der Waals surface area contributed by atoms with Gasteiger partial charge < -0.3 is 14.7 Å². The molecule has 0 amide bonds. The Hall–Kier alpha value is -1.32. The number of aliphatic hydroxyl groups excluding tert-OH is 1. The third-order valence-electron chi connectivity index (χ3n) is 6.28. The van der Waals surface area contributed by atoms with Gasteiger partial charge in [0.25, 0.3) is 0 Å². The molecule has 1 aromatic carbocycles. The molecule has 0 saturated carbocycles. The van der Waals surface area contributed by atoms with Crippen LogP contribution in [-0.4, -0.2) is 32.4 Å². The molecule has 1 heterocycles. The van der Waals surface area contributed by atoms with Gasteiger partial charge in [-0.05, 0) is 36.5 Å². The Bertz CT molecular complexity index is 592. The van der Waals surface area contributed by atoms with Crippen molar-refractivity contribution in [3.63, 3.8) is 0 Å². The number of rotatable bonds is 3. The van der Waals surface area contributed by atoms with Crippen molar-refractivity contribution < 1.29 is 9.84 Å². The lowest BCUT2D eigenvalue weighted by Gasteiger charge is -2.55. The van der Waals surface area contributed by atoms with Crippen LogP contribution in [0.5, 0.6) is 0 Å². The van der Waals surface area contributed by atoms with Crippen molar-refractivity contribution in [2.45, 2.75) is 26.9 Å². The Morgan fingerprint density at radius 3 is 2.43 bits per heavy atom. The molecule has 3 rings (SSSR count). The largest absolute Gasteiger partial charge is 0.396 e. The van der Waals surface area contributed by atoms with Crippen LogP contribution in [0.3, 0.4) is 0 Å². The van der Waals surface area contributed by atoms with Crippen molar-refractivity contribution >= 4 is 5.69 Å². The number of allylic oxidation sites excluding steroid dienone is 1. The zero-order valence-corrected chi connectivity index (χ0v) is 14.9. The van der Waals surface area contributed by atoms with E-state index in [1.54, 1.807) is 0 Å². The molecule has 1 aromatic rings. The van der Waals surface area contributed by atoms with E-state index < -0.39 is 0 Å². The Morgan fingerprint density at radius 1 is 1.22 bits per heavy atom. The van der Waals surface area contributed by atoms with E-state index in [2.05, 4.69) is 70.1 Å². The molecule has 0 unspecified atom stereocenters. The summed E-state index contributed by atoms with van der Waals surface area (Å²) in [5.41, 5.74) is 3.70. The first-order chi connectivity index (χ1) is 10.9. The maximum absolute atomic E-state index is 10.1. The Morgan fingerprint density at radius 2 is 1.87 bits per heavy atom. The molecular weight excluding hydrogens is 286 g/mol. The minimum absolute atomic E-state index is 0.0876. The van der Waals surface area contributed by atoms with E-state index >= 15 is 0 Å². The summed E-state index contributed by atoms with van der Waals surface area (Å²) in [6.45, 7) is 7.54. The Balaban J connectivity index is 1.95.